The van der Waals surface area contributed by atoms with Crippen molar-refractivity contribution in [3.63, 3.8) is 0 Å². The summed E-state index contributed by atoms with van der Waals surface area (Å²) in [6, 6.07) is 2.32. The van der Waals surface area contributed by atoms with Gasteiger partial charge in [-0.3, -0.25) is 0 Å². The minimum atomic E-state index is 0.482. The van der Waals surface area contributed by atoms with Gasteiger partial charge in [0.25, 0.3) is 0 Å². The Bertz CT molecular complexity index is 323. The molecule has 2 heterocycles. The van der Waals surface area contributed by atoms with E-state index < -0.39 is 0 Å². The first kappa shape index (κ1) is 8.93. The summed E-state index contributed by atoms with van der Waals surface area (Å²) < 4.78 is 0. The van der Waals surface area contributed by atoms with Crippen LogP contribution in [0.3, 0.4) is 0 Å². The lowest BCUT2D eigenvalue weighted by Gasteiger charge is -2.41. The molecule has 1 aliphatic heterocycles. The molecule has 2 aliphatic rings. The lowest BCUT2D eigenvalue weighted by atomic mass is 9.76. The van der Waals surface area contributed by atoms with Crippen LogP contribution in [0.2, 0.25) is 0 Å². The molecular formula is C12H17NS. The fraction of sp³-hybridized carbons (Fsp3) is 0.667. The van der Waals surface area contributed by atoms with Crippen LogP contribution in [0.1, 0.15) is 36.1 Å². The van der Waals surface area contributed by atoms with Crippen molar-refractivity contribution < 1.29 is 0 Å². The van der Waals surface area contributed by atoms with Crippen molar-refractivity contribution in [1.29, 1.82) is 0 Å². The molecule has 0 aromatic carbocycles. The molecule has 14 heavy (non-hydrogen) atoms. The molecule has 1 spiro atoms. The van der Waals surface area contributed by atoms with E-state index in [1.165, 1.54) is 45.1 Å². The van der Waals surface area contributed by atoms with Gasteiger partial charge in [-0.1, -0.05) is 6.42 Å². The maximum atomic E-state index is 3.77. The lowest BCUT2D eigenvalue weighted by Crippen LogP contribution is -2.51. The van der Waals surface area contributed by atoms with Crippen molar-refractivity contribution >= 4 is 11.3 Å². The fourth-order valence-electron chi connectivity index (χ4n) is 2.91. The molecule has 1 aromatic heterocycles. The van der Waals surface area contributed by atoms with Gasteiger partial charge < -0.3 is 5.32 Å². The van der Waals surface area contributed by atoms with Crippen LogP contribution in [0.25, 0.3) is 0 Å². The van der Waals surface area contributed by atoms with Crippen LogP contribution in [0, 0.1) is 0 Å². The van der Waals surface area contributed by atoms with E-state index >= 15 is 0 Å². The number of rotatable bonds is 0. The number of hydrogen-bond acceptors (Lipinski definition) is 2. The van der Waals surface area contributed by atoms with Gasteiger partial charge in [-0.15, -0.1) is 11.3 Å². The molecule has 1 fully saturated rings. The molecule has 1 unspecified atom stereocenters. The Labute approximate surface area is 89.5 Å². The topological polar surface area (TPSA) is 12.0 Å². The average molecular weight is 207 g/mol. The quantitative estimate of drug-likeness (QED) is 0.690. The largest absolute Gasteiger partial charge is 0.311 e. The molecule has 0 radical (unpaired) electrons. The van der Waals surface area contributed by atoms with Gasteiger partial charge in [0.15, 0.2) is 0 Å². The highest BCUT2D eigenvalue weighted by Crippen LogP contribution is 2.36. The van der Waals surface area contributed by atoms with Crippen LogP contribution in [0.5, 0.6) is 0 Å². The van der Waals surface area contributed by atoms with Gasteiger partial charge >= 0.3 is 0 Å². The zero-order valence-corrected chi connectivity index (χ0v) is 9.33. The van der Waals surface area contributed by atoms with E-state index in [1.54, 1.807) is 10.4 Å². The number of thiophene rings is 1. The molecule has 1 aliphatic carbocycles. The SMILES string of the molecule is c1cc2c(s1)CC1(CCCCN1)CC2. The Balaban J connectivity index is 1.85. The van der Waals surface area contributed by atoms with E-state index in [9.17, 15) is 0 Å². The predicted octanol–water partition coefficient (Wildman–Crippen LogP) is 2.75. The molecule has 0 saturated carbocycles. The van der Waals surface area contributed by atoms with E-state index in [2.05, 4.69) is 16.8 Å². The van der Waals surface area contributed by atoms with E-state index in [0.717, 1.165) is 0 Å². The first-order valence-electron chi connectivity index (χ1n) is 5.68. The Morgan fingerprint density at radius 3 is 3.14 bits per heavy atom. The van der Waals surface area contributed by atoms with Crippen LogP contribution >= 0.6 is 11.3 Å². The molecule has 0 bridgehead atoms. The van der Waals surface area contributed by atoms with Gasteiger partial charge in [0.2, 0.25) is 0 Å². The minimum Gasteiger partial charge on any atom is -0.311 e. The van der Waals surface area contributed by atoms with Gasteiger partial charge in [0.1, 0.15) is 0 Å². The molecule has 1 aromatic rings. The smallest absolute Gasteiger partial charge is 0.0232 e. The molecule has 1 saturated heterocycles. The highest BCUT2D eigenvalue weighted by atomic mass is 32.1. The third kappa shape index (κ3) is 1.41. The minimum absolute atomic E-state index is 0.482. The number of nitrogens with one attached hydrogen (secondary N) is 1. The van der Waals surface area contributed by atoms with Crippen molar-refractivity contribution in [2.45, 2.75) is 44.1 Å². The zero-order chi connectivity index (χ0) is 9.43. The second-order valence-electron chi connectivity index (χ2n) is 4.71. The maximum absolute atomic E-state index is 3.77. The number of aryl methyl sites for hydroxylation is 1. The van der Waals surface area contributed by atoms with Gasteiger partial charge in [-0.25, -0.2) is 0 Å². The summed E-state index contributed by atoms with van der Waals surface area (Å²) in [4.78, 5) is 1.64. The van der Waals surface area contributed by atoms with Crippen LogP contribution in [-0.4, -0.2) is 12.1 Å². The lowest BCUT2D eigenvalue weighted by molar-refractivity contribution is 0.227. The van der Waals surface area contributed by atoms with Crippen molar-refractivity contribution in [3.05, 3.63) is 21.9 Å². The van der Waals surface area contributed by atoms with Gasteiger partial charge in [-0.2, -0.15) is 0 Å². The highest BCUT2D eigenvalue weighted by molar-refractivity contribution is 7.10. The van der Waals surface area contributed by atoms with Gasteiger partial charge in [0, 0.05) is 16.8 Å². The predicted molar refractivity (Wildman–Crippen MR) is 60.9 cm³/mol. The first-order valence-corrected chi connectivity index (χ1v) is 6.56. The standard InChI is InChI=1S/C12H17NS/c1-2-7-13-12(5-1)6-3-10-4-8-14-11(10)9-12/h4,8,13H,1-3,5-7,9H2. The normalized spacial score (nSPS) is 31.7. The van der Waals surface area contributed by atoms with Crippen molar-refractivity contribution in [2.24, 2.45) is 0 Å². The molecular weight excluding hydrogens is 190 g/mol. The summed E-state index contributed by atoms with van der Waals surface area (Å²) >= 11 is 1.95. The van der Waals surface area contributed by atoms with Crippen molar-refractivity contribution in [1.82, 2.24) is 5.32 Å². The molecule has 3 rings (SSSR count). The average Bonchev–Trinajstić information content (AvgIpc) is 2.66. The molecule has 76 valence electrons. The first-order chi connectivity index (χ1) is 6.88. The van der Waals surface area contributed by atoms with E-state index in [4.69, 9.17) is 0 Å². The van der Waals surface area contributed by atoms with Crippen molar-refractivity contribution in [2.75, 3.05) is 6.54 Å². The summed E-state index contributed by atoms with van der Waals surface area (Å²) in [6.45, 7) is 1.24. The summed E-state index contributed by atoms with van der Waals surface area (Å²) in [6.07, 6.45) is 8.14. The van der Waals surface area contributed by atoms with Gasteiger partial charge in [-0.05, 0) is 49.2 Å². The summed E-state index contributed by atoms with van der Waals surface area (Å²) in [5.74, 6) is 0. The number of fused-ring (bicyclic) bond motifs is 1. The number of hydrogen-bond donors (Lipinski definition) is 1. The second kappa shape index (κ2) is 3.35. The summed E-state index contributed by atoms with van der Waals surface area (Å²) in [5, 5.41) is 6.03. The van der Waals surface area contributed by atoms with Crippen LogP contribution in [0.4, 0.5) is 0 Å². The Morgan fingerprint density at radius 2 is 2.29 bits per heavy atom. The molecule has 1 atom stereocenters. The second-order valence-corrected chi connectivity index (χ2v) is 5.71. The summed E-state index contributed by atoms with van der Waals surface area (Å²) in [5.41, 5.74) is 2.10. The molecule has 0 amide bonds. The van der Waals surface area contributed by atoms with Crippen LogP contribution < -0.4 is 5.32 Å². The zero-order valence-electron chi connectivity index (χ0n) is 8.51. The Kier molecular flexibility index (Phi) is 2.14. The summed E-state index contributed by atoms with van der Waals surface area (Å²) in [7, 11) is 0. The van der Waals surface area contributed by atoms with E-state index in [1.807, 2.05) is 11.3 Å². The number of piperidine rings is 1. The maximum Gasteiger partial charge on any atom is 0.0232 e. The van der Waals surface area contributed by atoms with Crippen molar-refractivity contribution in [3.8, 4) is 0 Å². The molecule has 1 nitrogen and oxygen atoms in total. The Hall–Kier alpha value is -0.340. The third-order valence-corrected chi connectivity index (χ3v) is 4.75. The molecule has 1 N–H and O–H groups in total. The highest BCUT2D eigenvalue weighted by Gasteiger charge is 2.35. The molecule has 2 heteroatoms. The van der Waals surface area contributed by atoms with Crippen LogP contribution in [0.15, 0.2) is 11.4 Å². The van der Waals surface area contributed by atoms with E-state index in [-0.39, 0.29) is 0 Å². The fourth-order valence-corrected chi connectivity index (χ4v) is 3.99. The van der Waals surface area contributed by atoms with E-state index in [0.29, 0.717) is 5.54 Å². The van der Waals surface area contributed by atoms with Crippen LogP contribution in [-0.2, 0) is 12.8 Å². The third-order valence-electron chi connectivity index (χ3n) is 3.79. The monoisotopic (exact) mass is 207 g/mol. The Morgan fingerprint density at radius 1 is 1.29 bits per heavy atom. The van der Waals surface area contributed by atoms with Gasteiger partial charge in [0.05, 0.1) is 0 Å².